The van der Waals surface area contributed by atoms with E-state index in [1.807, 2.05) is 30.3 Å². The largest absolute Gasteiger partial charge is 0.480 e. The van der Waals surface area contributed by atoms with Crippen LogP contribution in [-0.2, 0) is 25.6 Å². The average molecular weight is 437 g/mol. The molecule has 4 atom stereocenters. The molecule has 2 rings (SSSR count). The van der Waals surface area contributed by atoms with Crippen LogP contribution in [0.1, 0.15) is 25.3 Å². The standard InChI is InChI=1S/C20H28N4O5S/c1-12(20(28)29)22-18(26)16-8-5-9-24(16)19(27)15(11-30)23-17(25)14(21)10-13-6-3-2-4-7-13/h2-4,6-7,12,14-16,30H,5,8-11,21H2,1H3,(H,22,26)(H,23,25)(H,28,29). The Morgan fingerprint density at radius 1 is 1.23 bits per heavy atom. The molecule has 1 aromatic rings. The van der Waals surface area contributed by atoms with Gasteiger partial charge in [0, 0.05) is 12.3 Å². The fourth-order valence-electron chi connectivity index (χ4n) is 3.30. The van der Waals surface area contributed by atoms with Crippen molar-refractivity contribution in [3.05, 3.63) is 35.9 Å². The molecule has 1 aliphatic heterocycles. The molecule has 30 heavy (non-hydrogen) atoms. The van der Waals surface area contributed by atoms with Gasteiger partial charge in [-0.2, -0.15) is 12.6 Å². The Morgan fingerprint density at radius 2 is 1.90 bits per heavy atom. The summed E-state index contributed by atoms with van der Waals surface area (Å²) in [6, 6.07) is 5.67. The number of aliphatic carboxylic acids is 1. The van der Waals surface area contributed by atoms with Gasteiger partial charge in [-0.15, -0.1) is 0 Å². The number of amides is 3. The molecule has 0 bridgehead atoms. The minimum atomic E-state index is -1.16. The van der Waals surface area contributed by atoms with Gasteiger partial charge >= 0.3 is 5.97 Å². The molecule has 5 N–H and O–H groups in total. The molecular formula is C20H28N4O5S. The van der Waals surface area contributed by atoms with Crippen molar-refractivity contribution in [1.29, 1.82) is 0 Å². The molecule has 1 fully saturated rings. The summed E-state index contributed by atoms with van der Waals surface area (Å²) in [4.78, 5) is 50.2. The fourth-order valence-corrected chi connectivity index (χ4v) is 3.55. The SMILES string of the molecule is CC(NC(=O)C1CCCN1C(=O)C(CS)NC(=O)C(N)Cc1ccccc1)C(=O)O. The van der Waals surface area contributed by atoms with Crippen molar-refractivity contribution in [1.82, 2.24) is 15.5 Å². The number of nitrogens with zero attached hydrogens (tertiary/aromatic N) is 1. The quantitative estimate of drug-likeness (QED) is 0.332. The van der Waals surface area contributed by atoms with E-state index < -0.39 is 47.9 Å². The summed E-state index contributed by atoms with van der Waals surface area (Å²) in [5, 5.41) is 14.0. The molecule has 1 heterocycles. The zero-order valence-corrected chi connectivity index (χ0v) is 17.7. The lowest BCUT2D eigenvalue weighted by molar-refractivity contribution is -0.144. The number of rotatable bonds is 9. The van der Waals surface area contributed by atoms with E-state index in [1.54, 1.807) is 0 Å². The normalized spacial score (nSPS) is 18.9. The Balaban J connectivity index is 1.99. The van der Waals surface area contributed by atoms with Crippen LogP contribution >= 0.6 is 12.6 Å². The number of nitrogens with two attached hydrogens (primary N) is 1. The highest BCUT2D eigenvalue weighted by atomic mass is 32.1. The van der Waals surface area contributed by atoms with Crippen LogP contribution < -0.4 is 16.4 Å². The zero-order chi connectivity index (χ0) is 22.3. The molecule has 1 saturated heterocycles. The molecule has 0 aliphatic carbocycles. The summed E-state index contributed by atoms with van der Waals surface area (Å²) in [6.45, 7) is 1.70. The van der Waals surface area contributed by atoms with Crippen molar-refractivity contribution in [2.75, 3.05) is 12.3 Å². The second-order valence-corrected chi connectivity index (χ2v) is 7.66. The van der Waals surface area contributed by atoms with E-state index in [1.165, 1.54) is 11.8 Å². The number of hydrogen-bond donors (Lipinski definition) is 5. The lowest BCUT2D eigenvalue weighted by Crippen LogP contribution is -2.57. The zero-order valence-electron chi connectivity index (χ0n) is 16.8. The van der Waals surface area contributed by atoms with Gasteiger partial charge in [-0.3, -0.25) is 19.2 Å². The van der Waals surface area contributed by atoms with E-state index in [0.717, 1.165) is 5.56 Å². The summed E-state index contributed by atoms with van der Waals surface area (Å²) in [5.74, 6) is -2.57. The van der Waals surface area contributed by atoms with Crippen LogP contribution in [-0.4, -0.2) is 70.2 Å². The lowest BCUT2D eigenvalue weighted by atomic mass is 10.1. The van der Waals surface area contributed by atoms with Crippen LogP contribution in [0.4, 0.5) is 0 Å². The van der Waals surface area contributed by atoms with Gasteiger partial charge in [0.2, 0.25) is 17.7 Å². The first-order valence-corrected chi connectivity index (χ1v) is 10.4. The molecule has 0 aromatic heterocycles. The van der Waals surface area contributed by atoms with Crippen molar-refractivity contribution in [2.24, 2.45) is 5.73 Å². The number of carbonyl (C=O) groups excluding carboxylic acids is 3. The van der Waals surface area contributed by atoms with E-state index in [2.05, 4.69) is 23.3 Å². The summed E-state index contributed by atoms with van der Waals surface area (Å²) in [7, 11) is 0. The molecule has 164 valence electrons. The third-order valence-electron chi connectivity index (χ3n) is 5.00. The van der Waals surface area contributed by atoms with Crippen LogP contribution in [0.15, 0.2) is 30.3 Å². The second kappa shape index (κ2) is 11.0. The smallest absolute Gasteiger partial charge is 0.325 e. The van der Waals surface area contributed by atoms with Gasteiger partial charge in [-0.1, -0.05) is 30.3 Å². The summed E-state index contributed by atoms with van der Waals surface area (Å²) >= 11 is 4.17. The van der Waals surface area contributed by atoms with Crippen molar-refractivity contribution in [3.8, 4) is 0 Å². The van der Waals surface area contributed by atoms with Crippen LogP contribution in [0.25, 0.3) is 0 Å². The van der Waals surface area contributed by atoms with Crippen molar-refractivity contribution in [3.63, 3.8) is 0 Å². The van der Waals surface area contributed by atoms with Gasteiger partial charge in [-0.05, 0) is 31.7 Å². The molecule has 1 aromatic carbocycles. The van der Waals surface area contributed by atoms with E-state index in [9.17, 15) is 19.2 Å². The van der Waals surface area contributed by atoms with Gasteiger partial charge in [-0.25, -0.2) is 0 Å². The molecule has 1 aliphatic rings. The monoisotopic (exact) mass is 436 g/mol. The molecular weight excluding hydrogens is 408 g/mol. The van der Waals surface area contributed by atoms with Gasteiger partial charge in [0.15, 0.2) is 0 Å². The Labute approximate surface area is 180 Å². The van der Waals surface area contributed by atoms with Crippen molar-refractivity contribution < 1.29 is 24.3 Å². The molecule has 10 heteroatoms. The number of carbonyl (C=O) groups is 4. The molecule has 0 spiro atoms. The molecule has 3 amide bonds. The molecule has 0 radical (unpaired) electrons. The summed E-state index contributed by atoms with van der Waals surface area (Å²) < 4.78 is 0. The van der Waals surface area contributed by atoms with Crippen LogP contribution in [0.3, 0.4) is 0 Å². The first-order chi connectivity index (χ1) is 14.2. The highest BCUT2D eigenvalue weighted by Gasteiger charge is 2.38. The second-order valence-electron chi connectivity index (χ2n) is 7.30. The first kappa shape index (κ1) is 23.7. The number of carboxylic acids is 1. The van der Waals surface area contributed by atoms with Gasteiger partial charge < -0.3 is 26.4 Å². The minimum absolute atomic E-state index is 0.0407. The maximum Gasteiger partial charge on any atom is 0.325 e. The van der Waals surface area contributed by atoms with Gasteiger partial charge in [0.25, 0.3) is 0 Å². The lowest BCUT2D eigenvalue weighted by Gasteiger charge is -2.29. The van der Waals surface area contributed by atoms with E-state index in [0.29, 0.717) is 25.8 Å². The first-order valence-electron chi connectivity index (χ1n) is 9.79. The number of nitrogens with one attached hydrogen (secondary N) is 2. The average Bonchev–Trinajstić information content (AvgIpc) is 3.21. The third kappa shape index (κ3) is 6.20. The highest BCUT2D eigenvalue weighted by molar-refractivity contribution is 7.80. The summed E-state index contributed by atoms with van der Waals surface area (Å²) in [5.41, 5.74) is 6.88. The maximum atomic E-state index is 13.0. The van der Waals surface area contributed by atoms with Crippen LogP contribution in [0.5, 0.6) is 0 Å². The Bertz CT molecular complexity index is 776. The van der Waals surface area contributed by atoms with E-state index >= 15 is 0 Å². The minimum Gasteiger partial charge on any atom is -0.480 e. The maximum absolute atomic E-state index is 13.0. The van der Waals surface area contributed by atoms with Crippen LogP contribution in [0.2, 0.25) is 0 Å². The predicted molar refractivity (Wildman–Crippen MR) is 114 cm³/mol. The molecule has 4 unspecified atom stereocenters. The summed E-state index contributed by atoms with van der Waals surface area (Å²) in [6.07, 6.45) is 1.35. The molecule has 0 saturated carbocycles. The fraction of sp³-hybridized carbons (Fsp3) is 0.500. The molecule has 9 nitrogen and oxygen atoms in total. The number of carboxylic acid groups (broad SMARTS) is 1. The van der Waals surface area contributed by atoms with Crippen LogP contribution in [0, 0.1) is 0 Å². The number of likely N-dealkylation sites (tertiary alicyclic amines) is 1. The Hall–Kier alpha value is -2.59. The van der Waals surface area contributed by atoms with E-state index in [4.69, 9.17) is 10.8 Å². The van der Waals surface area contributed by atoms with E-state index in [-0.39, 0.29) is 5.75 Å². The predicted octanol–water partition coefficient (Wildman–Crippen LogP) is -0.449. The topological polar surface area (TPSA) is 142 Å². The number of thiol groups is 1. The third-order valence-corrected chi connectivity index (χ3v) is 5.37. The number of benzene rings is 1. The Morgan fingerprint density at radius 3 is 2.50 bits per heavy atom. The highest BCUT2D eigenvalue weighted by Crippen LogP contribution is 2.19. The van der Waals surface area contributed by atoms with Gasteiger partial charge in [0.1, 0.15) is 18.1 Å². The number of hydrogen-bond acceptors (Lipinski definition) is 6. The van der Waals surface area contributed by atoms with Crippen molar-refractivity contribution in [2.45, 2.75) is 50.4 Å². The Kier molecular flexibility index (Phi) is 8.67. The van der Waals surface area contributed by atoms with Crippen molar-refractivity contribution >= 4 is 36.3 Å². The van der Waals surface area contributed by atoms with Gasteiger partial charge in [0.05, 0.1) is 6.04 Å².